The Labute approximate surface area is 190 Å². The van der Waals surface area contributed by atoms with Gasteiger partial charge in [0, 0.05) is 12.0 Å². The van der Waals surface area contributed by atoms with Crippen molar-refractivity contribution < 1.29 is 27.5 Å². The molecule has 0 radical (unpaired) electrons. The van der Waals surface area contributed by atoms with Gasteiger partial charge in [-0.3, -0.25) is 9.69 Å². The molecule has 1 amide bonds. The van der Waals surface area contributed by atoms with E-state index in [4.69, 9.17) is 15.0 Å². The lowest BCUT2D eigenvalue weighted by atomic mass is 10.0. The zero-order valence-corrected chi connectivity index (χ0v) is 18.4. The summed E-state index contributed by atoms with van der Waals surface area (Å²) in [6, 6.07) is 18.0. The number of esters is 1. The highest BCUT2D eigenvalue weighted by Gasteiger charge is 2.60. The van der Waals surface area contributed by atoms with E-state index in [9.17, 15) is 18.0 Å². The number of ether oxygens (including phenoxy) is 2. The number of azide groups is 1. The number of methoxy groups -OCH3 is 1. The van der Waals surface area contributed by atoms with Crippen molar-refractivity contribution in [3.63, 3.8) is 0 Å². The monoisotopic (exact) mass is 468 g/mol. The van der Waals surface area contributed by atoms with E-state index in [-0.39, 0.29) is 11.3 Å². The molecular weight excluding hydrogens is 448 g/mol. The van der Waals surface area contributed by atoms with E-state index in [0.717, 1.165) is 4.90 Å². The van der Waals surface area contributed by atoms with Crippen molar-refractivity contribution in [2.45, 2.75) is 17.6 Å². The van der Waals surface area contributed by atoms with E-state index < -0.39 is 51.6 Å². The van der Waals surface area contributed by atoms with Crippen LogP contribution in [0.4, 0.5) is 0 Å². The largest absolute Gasteiger partial charge is 0.448 e. The van der Waals surface area contributed by atoms with Crippen molar-refractivity contribution in [3.8, 4) is 0 Å². The molecule has 0 unspecified atom stereocenters. The summed E-state index contributed by atoms with van der Waals surface area (Å²) >= 11 is 0. The van der Waals surface area contributed by atoms with Crippen LogP contribution in [0.5, 0.6) is 0 Å². The maximum Gasteiger partial charge on any atom is 0.356 e. The average molecular weight is 468 g/mol. The second kappa shape index (κ2) is 9.07. The van der Waals surface area contributed by atoms with Crippen LogP contribution < -0.4 is 0 Å². The Hall–Kier alpha value is -3.66. The van der Waals surface area contributed by atoms with Crippen LogP contribution in [-0.4, -0.2) is 56.1 Å². The molecule has 4 rings (SSSR count). The first-order valence-corrected chi connectivity index (χ1v) is 11.7. The fourth-order valence-corrected chi connectivity index (χ4v) is 6.05. The second-order valence-electron chi connectivity index (χ2n) is 7.51. The molecule has 2 aromatic carbocycles. The standard InChI is InChI=1S/C22H20N4O6S/c1-31-19-20(27)26-17(16(12-24-25-23)13-33(29,30)21(19)26)22(28)32-18(14-8-4-2-5-9-14)15-10-6-3-7-11-15/h2-11,18-19,21H,12-13H2,1H3/t19-,21+/m0/s1. The third-order valence-electron chi connectivity index (χ3n) is 5.52. The molecule has 0 saturated carbocycles. The molecule has 2 atom stereocenters. The van der Waals surface area contributed by atoms with Gasteiger partial charge < -0.3 is 9.47 Å². The van der Waals surface area contributed by atoms with Crippen LogP contribution >= 0.6 is 0 Å². The molecule has 0 spiro atoms. The van der Waals surface area contributed by atoms with Crippen LogP contribution in [0.15, 0.2) is 77.0 Å². The van der Waals surface area contributed by atoms with Gasteiger partial charge in [-0.25, -0.2) is 13.2 Å². The predicted octanol–water partition coefficient (Wildman–Crippen LogP) is 2.50. The lowest BCUT2D eigenvalue weighted by molar-refractivity contribution is -0.165. The lowest BCUT2D eigenvalue weighted by Crippen LogP contribution is -2.70. The number of hydrogen-bond acceptors (Lipinski definition) is 7. The molecule has 0 aliphatic carbocycles. The highest BCUT2D eigenvalue weighted by Crippen LogP contribution is 2.39. The first-order chi connectivity index (χ1) is 15.9. The van der Waals surface area contributed by atoms with Crippen LogP contribution in [-0.2, 0) is 28.9 Å². The van der Waals surface area contributed by atoms with Crippen molar-refractivity contribution in [1.82, 2.24) is 4.90 Å². The highest BCUT2D eigenvalue weighted by atomic mass is 32.2. The Morgan fingerprint density at radius 3 is 2.24 bits per heavy atom. The molecule has 11 heteroatoms. The average Bonchev–Trinajstić information content (AvgIpc) is 2.82. The van der Waals surface area contributed by atoms with E-state index in [2.05, 4.69) is 10.0 Å². The summed E-state index contributed by atoms with van der Waals surface area (Å²) in [6.07, 6.45) is -2.02. The van der Waals surface area contributed by atoms with Gasteiger partial charge in [0.25, 0.3) is 5.91 Å². The molecule has 2 aromatic rings. The maximum absolute atomic E-state index is 13.4. The smallest absolute Gasteiger partial charge is 0.356 e. The van der Waals surface area contributed by atoms with Gasteiger partial charge in [0.2, 0.25) is 0 Å². The summed E-state index contributed by atoms with van der Waals surface area (Å²) in [7, 11) is -2.64. The fourth-order valence-electron chi connectivity index (χ4n) is 4.04. The summed E-state index contributed by atoms with van der Waals surface area (Å²) in [6.45, 7) is -0.393. The number of β-lactam (4-membered cyclic amide) rings is 1. The van der Waals surface area contributed by atoms with Crippen LogP contribution in [0.3, 0.4) is 0 Å². The summed E-state index contributed by atoms with van der Waals surface area (Å²) < 4.78 is 36.4. The molecule has 2 aliphatic heterocycles. The summed E-state index contributed by atoms with van der Waals surface area (Å²) in [5.74, 6) is -2.11. The predicted molar refractivity (Wildman–Crippen MR) is 117 cm³/mol. The molecule has 1 saturated heterocycles. The first-order valence-electron chi connectivity index (χ1n) is 10.00. The van der Waals surface area contributed by atoms with E-state index in [0.29, 0.717) is 11.1 Å². The molecule has 0 bridgehead atoms. The molecule has 2 heterocycles. The van der Waals surface area contributed by atoms with Crippen LogP contribution in [0.2, 0.25) is 0 Å². The topological polar surface area (TPSA) is 139 Å². The zero-order valence-electron chi connectivity index (χ0n) is 17.6. The van der Waals surface area contributed by atoms with E-state index in [1.54, 1.807) is 48.5 Å². The minimum Gasteiger partial charge on any atom is -0.448 e. The quantitative estimate of drug-likeness (QED) is 0.201. The van der Waals surface area contributed by atoms with Gasteiger partial charge in [-0.05, 0) is 22.2 Å². The Morgan fingerprint density at radius 2 is 1.73 bits per heavy atom. The number of hydrogen-bond donors (Lipinski definition) is 0. The van der Waals surface area contributed by atoms with Gasteiger partial charge in [0.15, 0.2) is 27.4 Å². The molecule has 33 heavy (non-hydrogen) atoms. The Balaban J connectivity index is 1.77. The Morgan fingerprint density at radius 1 is 1.15 bits per heavy atom. The van der Waals surface area contributed by atoms with Gasteiger partial charge in [-0.1, -0.05) is 65.8 Å². The number of sulfone groups is 1. The first kappa shape index (κ1) is 22.5. The SMILES string of the molecule is CO[C@H]1C(=O)N2C(C(=O)OC(c3ccccc3)c3ccccc3)=C(CN=[N+]=[N-])CS(=O)(=O)[C@H]12. The lowest BCUT2D eigenvalue weighted by Gasteiger charge is -2.48. The van der Waals surface area contributed by atoms with E-state index >= 15 is 0 Å². The van der Waals surface area contributed by atoms with Crippen LogP contribution in [0.25, 0.3) is 10.4 Å². The third kappa shape index (κ3) is 4.09. The number of benzene rings is 2. The van der Waals surface area contributed by atoms with Gasteiger partial charge >= 0.3 is 5.97 Å². The maximum atomic E-state index is 13.4. The van der Waals surface area contributed by atoms with Crippen molar-refractivity contribution in [2.24, 2.45) is 5.11 Å². The Bertz CT molecular complexity index is 1220. The number of rotatable bonds is 7. The van der Waals surface area contributed by atoms with Gasteiger partial charge in [0.1, 0.15) is 5.70 Å². The minimum atomic E-state index is -3.87. The number of carbonyl (C=O) groups excluding carboxylic acids is 2. The summed E-state index contributed by atoms with van der Waals surface area (Å²) in [5.41, 5.74) is 9.89. The number of carbonyl (C=O) groups is 2. The highest BCUT2D eigenvalue weighted by molar-refractivity contribution is 7.92. The second-order valence-corrected chi connectivity index (χ2v) is 9.61. The van der Waals surface area contributed by atoms with E-state index in [1.807, 2.05) is 12.1 Å². The molecule has 1 fully saturated rings. The van der Waals surface area contributed by atoms with Gasteiger partial charge in [-0.15, -0.1) is 0 Å². The molecule has 0 N–H and O–H groups in total. The minimum absolute atomic E-state index is 0.00294. The molecule has 10 nitrogen and oxygen atoms in total. The molecule has 170 valence electrons. The number of amides is 1. The summed E-state index contributed by atoms with van der Waals surface area (Å²) in [4.78, 5) is 29.6. The van der Waals surface area contributed by atoms with Crippen LogP contribution in [0.1, 0.15) is 17.2 Å². The number of nitrogens with zero attached hydrogens (tertiary/aromatic N) is 4. The molecular formula is C22H20N4O6S. The van der Waals surface area contributed by atoms with Crippen molar-refractivity contribution in [2.75, 3.05) is 19.4 Å². The zero-order chi connectivity index (χ0) is 23.6. The van der Waals surface area contributed by atoms with Crippen molar-refractivity contribution in [3.05, 3.63) is 93.5 Å². The number of fused-ring (bicyclic) bond motifs is 1. The van der Waals surface area contributed by atoms with E-state index in [1.165, 1.54) is 7.11 Å². The Kier molecular flexibility index (Phi) is 6.19. The molecule has 0 aromatic heterocycles. The fraction of sp³-hybridized carbons (Fsp3) is 0.273. The summed E-state index contributed by atoms with van der Waals surface area (Å²) in [5, 5.41) is 2.08. The van der Waals surface area contributed by atoms with Crippen LogP contribution in [0, 0.1) is 0 Å². The normalized spacial score (nSPS) is 21.2. The van der Waals surface area contributed by atoms with Crippen molar-refractivity contribution in [1.29, 1.82) is 0 Å². The third-order valence-corrected chi connectivity index (χ3v) is 7.46. The van der Waals surface area contributed by atoms with Gasteiger partial charge in [-0.2, -0.15) is 0 Å². The van der Waals surface area contributed by atoms with Crippen molar-refractivity contribution >= 4 is 21.7 Å². The van der Waals surface area contributed by atoms with Gasteiger partial charge in [0.05, 0.1) is 12.3 Å². The molecule has 2 aliphatic rings.